The average molecular weight is 294 g/mol. The molecule has 118 valence electrons. The molecule has 0 bridgehead atoms. The zero-order valence-corrected chi connectivity index (χ0v) is 12.4. The summed E-state index contributed by atoms with van der Waals surface area (Å²) in [6.07, 6.45) is 1.07. The predicted octanol–water partition coefficient (Wildman–Crippen LogP) is 2.91. The SMILES string of the molecule is CCC1(C)CNC2(CCCC2)CN1CCOC(F)(F)F. The highest BCUT2D eigenvalue weighted by Gasteiger charge is 2.45. The molecule has 1 spiro atoms. The Bertz CT molecular complexity index is 329. The maximum Gasteiger partial charge on any atom is 0.522 e. The van der Waals surface area contributed by atoms with Gasteiger partial charge in [-0.2, -0.15) is 0 Å². The molecular weight excluding hydrogens is 269 g/mol. The Morgan fingerprint density at radius 1 is 1.25 bits per heavy atom. The minimum Gasteiger partial charge on any atom is -0.308 e. The number of hydrogen-bond donors (Lipinski definition) is 1. The number of piperazine rings is 1. The molecule has 1 N–H and O–H groups in total. The number of nitrogens with one attached hydrogen (secondary N) is 1. The van der Waals surface area contributed by atoms with E-state index in [1.54, 1.807) is 0 Å². The topological polar surface area (TPSA) is 24.5 Å². The third-order valence-corrected chi connectivity index (χ3v) is 5.05. The summed E-state index contributed by atoms with van der Waals surface area (Å²) in [5.74, 6) is 0. The van der Waals surface area contributed by atoms with Crippen LogP contribution in [0.5, 0.6) is 0 Å². The first-order chi connectivity index (χ1) is 9.29. The van der Waals surface area contributed by atoms with Crippen molar-refractivity contribution in [1.82, 2.24) is 10.2 Å². The van der Waals surface area contributed by atoms with Gasteiger partial charge < -0.3 is 5.32 Å². The van der Waals surface area contributed by atoms with Gasteiger partial charge in [-0.15, -0.1) is 13.2 Å². The van der Waals surface area contributed by atoms with Crippen molar-refractivity contribution in [2.24, 2.45) is 0 Å². The van der Waals surface area contributed by atoms with E-state index in [2.05, 4.69) is 28.8 Å². The normalized spacial score (nSPS) is 31.1. The summed E-state index contributed by atoms with van der Waals surface area (Å²) < 4.78 is 40.3. The number of hydrogen-bond acceptors (Lipinski definition) is 3. The van der Waals surface area contributed by atoms with Gasteiger partial charge in [0.15, 0.2) is 0 Å². The van der Waals surface area contributed by atoms with Crippen molar-refractivity contribution >= 4 is 0 Å². The molecule has 0 amide bonds. The standard InChI is InChI=1S/C14H25F3N2O/c1-3-12(2)10-18-13(6-4-5-7-13)11-19(12)8-9-20-14(15,16)17/h18H,3-11H2,1-2H3. The molecule has 1 saturated carbocycles. The summed E-state index contributed by atoms with van der Waals surface area (Å²) in [4.78, 5) is 2.20. The fraction of sp³-hybridized carbons (Fsp3) is 1.00. The summed E-state index contributed by atoms with van der Waals surface area (Å²) in [5.41, 5.74) is 0.0374. The predicted molar refractivity (Wildman–Crippen MR) is 71.5 cm³/mol. The summed E-state index contributed by atoms with van der Waals surface area (Å²) in [6, 6.07) is 0. The maximum atomic E-state index is 12.1. The molecule has 1 saturated heterocycles. The van der Waals surface area contributed by atoms with Crippen LogP contribution in [0.15, 0.2) is 0 Å². The quantitative estimate of drug-likeness (QED) is 0.863. The van der Waals surface area contributed by atoms with Crippen LogP contribution < -0.4 is 5.32 Å². The number of rotatable bonds is 4. The first-order valence-corrected chi connectivity index (χ1v) is 7.49. The lowest BCUT2D eigenvalue weighted by molar-refractivity contribution is -0.325. The molecule has 0 radical (unpaired) electrons. The molecule has 0 aromatic carbocycles. The van der Waals surface area contributed by atoms with Crippen molar-refractivity contribution in [3.05, 3.63) is 0 Å². The molecular formula is C14H25F3N2O. The van der Waals surface area contributed by atoms with Crippen LogP contribution in [0, 0.1) is 0 Å². The van der Waals surface area contributed by atoms with Gasteiger partial charge in [0.05, 0.1) is 6.61 Å². The zero-order valence-electron chi connectivity index (χ0n) is 12.4. The van der Waals surface area contributed by atoms with E-state index in [-0.39, 0.29) is 17.7 Å². The minimum absolute atomic E-state index is 0.0806. The lowest BCUT2D eigenvalue weighted by Crippen LogP contribution is -2.68. The van der Waals surface area contributed by atoms with E-state index in [1.807, 2.05) is 0 Å². The molecule has 3 nitrogen and oxygen atoms in total. The first-order valence-electron chi connectivity index (χ1n) is 7.49. The van der Waals surface area contributed by atoms with Gasteiger partial charge in [-0.05, 0) is 26.2 Å². The van der Waals surface area contributed by atoms with Crippen molar-refractivity contribution in [3.63, 3.8) is 0 Å². The highest BCUT2D eigenvalue weighted by Crippen LogP contribution is 2.36. The van der Waals surface area contributed by atoms with E-state index in [0.717, 1.165) is 32.4 Å². The van der Waals surface area contributed by atoms with Gasteiger partial charge in [0.1, 0.15) is 0 Å². The number of nitrogens with zero attached hydrogens (tertiary/aromatic N) is 1. The van der Waals surface area contributed by atoms with Crippen LogP contribution in [-0.4, -0.2) is 48.6 Å². The molecule has 2 aliphatic rings. The Labute approximate surface area is 118 Å². The van der Waals surface area contributed by atoms with E-state index in [0.29, 0.717) is 6.54 Å². The maximum absolute atomic E-state index is 12.1. The Kier molecular flexibility index (Phi) is 4.66. The zero-order chi connectivity index (χ0) is 14.9. The Hall–Kier alpha value is -0.330. The van der Waals surface area contributed by atoms with Gasteiger partial charge in [-0.1, -0.05) is 19.8 Å². The molecule has 0 aromatic heterocycles. The average Bonchev–Trinajstić information content (AvgIpc) is 2.81. The number of alkyl halides is 3. The smallest absolute Gasteiger partial charge is 0.308 e. The third-order valence-electron chi connectivity index (χ3n) is 5.05. The van der Waals surface area contributed by atoms with Crippen LogP contribution in [0.2, 0.25) is 0 Å². The van der Waals surface area contributed by atoms with Crippen molar-refractivity contribution in [2.45, 2.75) is 63.4 Å². The van der Waals surface area contributed by atoms with Gasteiger partial charge in [0.2, 0.25) is 0 Å². The summed E-state index contributed by atoms with van der Waals surface area (Å²) in [6.45, 7) is 5.94. The molecule has 1 heterocycles. The second-order valence-electron chi connectivity index (χ2n) is 6.41. The lowest BCUT2D eigenvalue weighted by Gasteiger charge is -2.52. The number of ether oxygens (including phenoxy) is 1. The third kappa shape index (κ3) is 3.65. The largest absolute Gasteiger partial charge is 0.522 e. The fourth-order valence-corrected chi connectivity index (χ4v) is 3.46. The van der Waals surface area contributed by atoms with E-state index in [9.17, 15) is 13.2 Å². The molecule has 1 atom stereocenters. The monoisotopic (exact) mass is 294 g/mol. The summed E-state index contributed by atoms with van der Waals surface area (Å²) in [7, 11) is 0. The molecule has 0 aromatic rings. The highest BCUT2D eigenvalue weighted by molar-refractivity contribution is 5.05. The van der Waals surface area contributed by atoms with E-state index >= 15 is 0 Å². The molecule has 2 rings (SSSR count). The van der Waals surface area contributed by atoms with Crippen LogP contribution in [0.1, 0.15) is 46.0 Å². The van der Waals surface area contributed by atoms with Gasteiger partial charge in [-0.3, -0.25) is 9.64 Å². The van der Waals surface area contributed by atoms with Gasteiger partial charge in [-0.25, -0.2) is 0 Å². The van der Waals surface area contributed by atoms with Crippen molar-refractivity contribution in [2.75, 3.05) is 26.2 Å². The van der Waals surface area contributed by atoms with Crippen LogP contribution in [0.25, 0.3) is 0 Å². The van der Waals surface area contributed by atoms with Gasteiger partial charge in [0, 0.05) is 30.7 Å². The second-order valence-corrected chi connectivity index (χ2v) is 6.41. The van der Waals surface area contributed by atoms with Crippen LogP contribution in [0.4, 0.5) is 13.2 Å². The van der Waals surface area contributed by atoms with Crippen molar-refractivity contribution in [1.29, 1.82) is 0 Å². The molecule has 1 aliphatic heterocycles. The molecule has 1 aliphatic carbocycles. The lowest BCUT2D eigenvalue weighted by atomic mass is 9.85. The van der Waals surface area contributed by atoms with E-state index < -0.39 is 6.36 Å². The fourth-order valence-electron chi connectivity index (χ4n) is 3.46. The molecule has 2 fully saturated rings. The van der Waals surface area contributed by atoms with E-state index in [1.165, 1.54) is 12.8 Å². The Morgan fingerprint density at radius 2 is 1.90 bits per heavy atom. The molecule has 1 unspecified atom stereocenters. The van der Waals surface area contributed by atoms with Gasteiger partial charge >= 0.3 is 6.36 Å². The Balaban J connectivity index is 1.96. The summed E-state index contributed by atoms with van der Waals surface area (Å²) in [5, 5.41) is 3.67. The highest BCUT2D eigenvalue weighted by atomic mass is 19.4. The molecule has 6 heteroatoms. The van der Waals surface area contributed by atoms with Crippen LogP contribution in [-0.2, 0) is 4.74 Å². The van der Waals surface area contributed by atoms with Crippen molar-refractivity contribution < 1.29 is 17.9 Å². The Morgan fingerprint density at radius 3 is 2.45 bits per heavy atom. The van der Waals surface area contributed by atoms with Crippen LogP contribution in [0.3, 0.4) is 0 Å². The van der Waals surface area contributed by atoms with Crippen LogP contribution >= 0.6 is 0 Å². The molecule has 20 heavy (non-hydrogen) atoms. The van der Waals surface area contributed by atoms with Gasteiger partial charge in [0.25, 0.3) is 0 Å². The van der Waals surface area contributed by atoms with Crippen molar-refractivity contribution in [3.8, 4) is 0 Å². The van der Waals surface area contributed by atoms with E-state index in [4.69, 9.17) is 0 Å². The first kappa shape index (κ1) is 16.0. The minimum atomic E-state index is -4.53. The number of halogens is 3. The second kappa shape index (κ2) is 5.81. The summed E-state index contributed by atoms with van der Waals surface area (Å²) >= 11 is 0.